The third-order valence-corrected chi connectivity index (χ3v) is 8.73. The Morgan fingerprint density at radius 3 is 2.86 bits per heavy atom. The number of ether oxygens (including phenoxy) is 3. The van der Waals surface area contributed by atoms with E-state index in [1.165, 1.54) is 11.1 Å². The summed E-state index contributed by atoms with van der Waals surface area (Å²) in [7, 11) is 3.36. The highest BCUT2D eigenvalue weighted by Gasteiger charge is 2.52. The molecule has 6 heteroatoms. The molecule has 4 atom stereocenters. The van der Waals surface area contributed by atoms with Crippen LogP contribution in [0, 0.1) is 5.92 Å². The Labute approximate surface area is 212 Å². The molecule has 1 N–H and O–H groups in total. The minimum absolute atomic E-state index is 0.0591. The van der Waals surface area contributed by atoms with Crippen LogP contribution in [0.5, 0.6) is 17.2 Å². The van der Waals surface area contributed by atoms with Crippen molar-refractivity contribution in [3.8, 4) is 17.2 Å². The number of ketones is 1. The van der Waals surface area contributed by atoms with Gasteiger partial charge in [-0.05, 0) is 74.2 Å². The number of carbonyl (C=O) groups excluding carboxylic acids is 1. The first-order valence-electron chi connectivity index (χ1n) is 13.2. The van der Waals surface area contributed by atoms with Gasteiger partial charge in [0.25, 0.3) is 0 Å². The molecule has 1 spiro atoms. The van der Waals surface area contributed by atoms with Gasteiger partial charge in [-0.25, -0.2) is 0 Å². The fourth-order valence-electron chi connectivity index (χ4n) is 6.83. The Morgan fingerprint density at radius 1 is 1.14 bits per heavy atom. The van der Waals surface area contributed by atoms with Crippen LogP contribution in [0.2, 0.25) is 0 Å². The van der Waals surface area contributed by atoms with E-state index >= 15 is 0 Å². The van der Waals surface area contributed by atoms with Gasteiger partial charge < -0.3 is 19.3 Å². The van der Waals surface area contributed by atoms with Gasteiger partial charge in [0.1, 0.15) is 11.9 Å². The molecule has 0 radical (unpaired) electrons. The summed E-state index contributed by atoms with van der Waals surface area (Å²) in [4.78, 5) is 15.4. The van der Waals surface area contributed by atoms with Crippen molar-refractivity contribution < 1.29 is 24.1 Å². The van der Waals surface area contributed by atoms with Crippen molar-refractivity contribution in [1.82, 2.24) is 4.90 Å². The molecule has 4 aliphatic rings. The van der Waals surface area contributed by atoms with E-state index in [9.17, 15) is 9.90 Å². The Hall–Kier alpha value is -2.83. The van der Waals surface area contributed by atoms with E-state index in [0.29, 0.717) is 12.2 Å². The maximum Gasteiger partial charge on any atom is 0.166 e. The van der Waals surface area contributed by atoms with E-state index < -0.39 is 6.10 Å². The molecule has 36 heavy (non-hydrogen) atoms. The minimum Gasteiger partial charge on any atom is -0.497 e. The van der Waals surface area contributed by atoms with Crippen LogP contribution in [0.25, 0.3) is 0 Å². The summed E-state index contributed by atoms with van der Waals surface area (Å²) in [5.74, 6) is 2.84. The smallest absolute Gasteiger partial charge is 0.166 e. The molecule has 6 nitrogen and oxygen atoms in total. The first-order chi connectivity index (χ1) is 17.5. The lowest BCUT2D eigenvalue weighted by Gasteiger charge is -2.36. The van der Waals surface area contributed by atoms with Crippen molar-refractivity contribution in [2.75, 3.05) is 27.3 Å². The van der Waals surface area contributed by atoms with Gasteiger partial charge in [-0.3, -0.25) is 9.69 Å². The summed E-state index contributed by atoms with van der Waals surface area (Å²) in [5.41, 5.74) is 4.35. The van der Waals surface area contributed by atoms with Crippen molar-refractivity contribution in [2.24, 2.45) is 5.92 Å². The van der Waals surface area contributed by atoms with Gasteiger partial charge in [0.2, 0.25) is 0 Å². The number of benzene rings is 2. The highest BCUT2D eigenvalue weighted by molar-refractivity contribution is 6.02. The van der Waals surface area contributed by atoms with Gasteiger partial charge >= 0.3 is 0 Å². The van der Waals surface area contributed by atoms with E-state index in [2.05, 4.69) is 17.0 Å². The number of unbranched alkanes of at least 4 members (excludes halogenated alkanes) is 1. The highest BCUT2D eigenvalue weighted by atomic mass is 16.5. The van der Waals surface area contributed by atoms with E-state index in [0.717, 1.165) is 80.1 Å². The van der Waals surface area contributed by atoms with Crippen molar-refractivity contribution >= 4 is 5.78 Å². The molecule has 2 aliphatic carbocycles. The molecular weight excluding hydrogens is 454 g/mol. The van der Waals surface area contributed by atoms with Crippen LogP contribution in [0.1, 0.15) is 59.2 Å². The van der Waals surface area contributed by atoms with Crippen LogP contribution in [-0.2, 0) is 18.4 Å². The summed E-state index contributed by atoms with van der Waals surface area (Å²) < 4.78 is 17.4. The van der Waals surface area contributed by atoms with Crippen LogP contribution >= 0.6 is 0 Å². The Bertz CT molecular complexity index is 1210. The van der Waals surface area contributed by atoms with Crippen LogP contribution in [-0.4, -0.2) is 55.3 Å². The zero-order valence-corrected chi connectivity index (χ0v) is 21.2. The molecule has 0 fully saturated rings. The summed E-state index contributed by atoms with van der Waals surface area (Å²) in [6, 6.07) is 10.0. The molecule has 2 aliphatic heterocycles. The lowest BCUT2D eigenvalue weighted by atomic mass is 9.69. The topological polar surface area (TPSA) is 68.2 Å². The highest BCUT2D eigenvalue weighted by Crippen LogP contribution is 2.55. The maximum atomic E-state index is 12.9. The Kier molecular flexibility index (Phi) is 6.05. The third kappa shape index (κ3) is 3.82. The molecule has 0 aromatic heterocycles. The van der Waals surface area contributed by atoms with Gasteiger partial charge in [-0.15, -0.1) is 0 Å². The van der Waals surface area contributed by atoms with Crippen molar-refractivity contribution in [3.63, 3.8) is 0 Å². The minimum atomic E-state index is -0.464. The quantitative estimate of drug-likeness (QED) is 0.458. The van der Waals surface area contributed by atoms with Gasteiger partial charge in [0, 0.05) is 30.0 Å². The number of nitrogens with zero attached hydrogens (tertiary/aromatic N) is 1. The SMILES string of the molecule is COc1ccc2c(c1)CC(CCCCN1CCC34C=CC(O)CC3Oc3c(OC)ccc(c34)C1)C2=O. The predicted molar refractivity (Wildman–Crippen MR) is 137 cm³/mol. The second kappa shape index (κ2) is 9.24. The van der Waals surface area contributed by atoms with Crippen LogP contribution < -0.4 is 14.2 Å². The number of hydrogen-bond donors (Lipinski definition) is 1. The standard InChI is InChI=1S/C30H35NO5/c1-34-23-7-8-24-21(16-23)15-19(28(24)33)5-3-4-13-31-14-12-30-11-10-22(32)17-26(30)36-29-25(35-2)9-6-20(18-31)27(29)30/h6-11,16,19,22,26,32H,3-5,12-15,17-18H2,1-2H3. The number of rotatable bonds is 7. The summed E-state index contributed by atoms with van der Waals surface area (Å²) in [6.45, 7) is 2.87. The van der Waals surface area contributed by atoms with Crippen molar-refractivity contribution in [1.29, 1.82) is 0 Å². The molecule has 0 saturated heterocycles. The van der Waals surface area contributed by atoms with Crippen molar-refractivity contribution in [2.45, 2.75) is 62.7 Å². The monoisotopic (exact) mass is 489 g/mol. The number of fused-ring (bicyclic) bond motifs is 1. The maximum absolute atomic E-state index is 12.9. The van der Waals surface area contributed by atoms with E-state index in [4.69, 9.17) is 14.2 Å². The predicted octanol–water partition coefficient (Wildman–Crippen LogP) is 4.45. The number of Topliss-reactive ketones (excluding diaryl/α,β-unsaturated/α-hetero) is 1. The number of aliphatic hydroxyl groups excluding tert-OH is 1. The van der Waals surface area contributed by atoms with Gasteiger partial charge in [0.05, 0.1) is 25.7 Å². The van der Waals surface area contributed by atoms with Crippen molar-refractivity contribution in [3.05, 3.63) is 64.7 Å². The molecule has 2 aromatic carbocycles. The lowest BCUT2D eigenvalue weighted by molar-refractivity contribution is 0.0809. The molecule has 6 rings (SSSR count). The zero-order valence-electron chi connectivity index (χ0n) is 21.2. The molecule has 0 amide bonds. The molecule has 4 unspecified atom stereocenters. The average molecular weight is 490 g/mol. The fraction of sp³-hybridized carbons (Fsp3) is 0.500. The summed E-state index contributed by atoms with van der Waals surface area (Å²) in [5, 5.41) is 10.3. The second-order valence-corrected chi connectivity index (χ2v) is 10.8. The molecular formula is C30H35NO5. The normalized spacial score (nSPS) is 28.2. The number of carbonyl (C=O) groups is 1. The largest absolute Gasteiger partial charge is 0.497 e. The van der Waals surface area contributed by atoms with Crippen LogP contribution in [0.3, 0.4) is 0 Å². The average Bonchev–Trinajstić information content (AvgIpc) is 3.33. The molecule has 190 valence electrons. The van der Waals surface area contributed by atoms with Gasteiger partial charge in [-0.2, -0.15) is 0 Å². The first-order valence-corrected chi connectivity index (χ1v) is 13.2. The molecule has 0 bridgehead atoms. The number of methoxy groups -OCH3 is 2. The first kappa shape index (κ1) is 23.6. The Balaban J connectivity index is 1.11. The lowest BCUT2D eigenvalue weighted by Crippen LogP contribution is -2.43. The van der Waals surface area contributed by atoms with E-state index in [1.807, 2.05) is 30.3 Å². The van der Waals surface area contributed by atoms with E-state index in [1.54, 1.807) is 14.2 Å². The molecule has 2 aromatic rings. The number of aliphatic hydroxyl groups is 1. The molecule has 0 saturated carbocycles. The second-order valence-electron chi connectivity index (χ2n) is 10.8. The Morgan fingerprint density at radius 2 is 2.03 bits per heavy atom. The van der Waals surface area contributed by atoms with Gasteiger partial charge in [-0.1, -0.05) is 24.6 Å². The van der Waals surface area contributed by atoms with Crippen LogP contribution in [0.4, 0.5) is 0 Å². The summed E-state index contributed by atoms with van der Waals surface area (Å²) in [6.07, 6.45) is 9.07. The van der Waals surface area contributed by atoms with Gasteiger partial charge in [0.15, 0.2) is 17.3 Å². The van der Waals surface area contributed by atoms with Crippen LogP contribution in [0.15, 0.2) is 42.5 Å². The van der Waals surface area contributed by atoms with E-state index in [-0.39, 0.29) is 17.4 Å². The fourth-order valence-corrected chi connectivity index (χ4v) is 6.83. The molecule has 2 heterocycles. The summed E-state index contributed by atoms with van der Waals surface area (Å²) >= 11 is 0. The zero-order chi connectivity index (χ0) is 24.9. The third-order valence-electron chi connectivity index (χ3n) is 8.73. The number of hydrogen-bond acceptors (Lipinski definition) is 6.